The SMILES string of the molecule is COc1cc2c(cc1OC)N(C1CCCC1)CC(=O)N2. The zero-order valence-electron chi connectivity index (χ0n) is 11.9. The molecule has 108 valence electrons. The number of carbonyl (C=O) groups excluding carboxylic acids is 1. The molecule has 5 heteroatoms. The number of carbonyl (C=O) groups is 1. The zero-order chi connectivity index (χ0) is 14.1. The van der Waals surface area contributed by atoms with Crippen molar-refractivity contribution in [1.29, 1.82) is 0 Å². The predicted molar refractivity (Wildman–Crippen MR) is 77.8 cm³/mol. The summed E-state index contributed by atoms with van der Waals surface area (Å²) in [4.78, 5) is 14.1. The number of benzene rings is 1. The number of nitrogens with zero attached hydrogens (tertiary/aromatic N) is 1. The molecule has 1 heterocycles. The van der Waals surface area contributed by atoms with Crippen molar-refractivity contribution in [2.45, 2.75) is 31.7 Å². The molecule has 0 saturated heterocycles. The van der Waals surface area contributed by atoms with Crippen molar-refractivity contribution < 1.29 is 14.3 Å². The average Bonchev–Trinajstić information content (AvgIpc) is 2.98. The molecule has 1 aliphatic heterocycles. The fourth-order valence-electron chi connectivity index (χ4n) is 3.18. The second-order valence-corrected chi connectivity index (χ2v) is 5.34. The van der Waals surface area contributed by atoms with Gasteiger partial charge in [-0.25, -0.2) is 0 Å². The van der Waals surface area contributed by atoms with Gasteiger partial charge in [0, 0.05) is 18.2 Å². The first-order chi connectivity index (χ1) is 9.72. The van der Waals surface area contributed by atoms with E-state index in [4.69, 9.17) is 9.47 Å². The van der Waals surface area contributed by atoms with E-state index in [9.17, 15) is 4.79 Å². The van der Waals surface area contributed by atoms with Crippen molar-refractivity contribution in [2.75, 3.05) is 31.0 Å². The van der Waals surface area contributed by atoms with Gasteiger partial charge in [0.15, 0.2) is 11.5 Å². The van der Waals surface area contributed by atoms with Gasteiger partial charge in [0.05, 0.1) is 32.1 Å². The molecule has 20 heavy (non-hydrogen) atoms. The van der Waals surface area contributed by atoms with Crippen LogP contribution < -0.4 is 19.7 Å². The normalized spacial score (nSPS) is 18.7. The van der Waals surface area contributed by atoms with Crippen molar-refractivity contribution in [2.24, 2.45) is 0 Å². The Bertz CT molecular complexity index is 524. The number of rotatable bonds is 3. The summed E-state index contributed by atoms with van der Waals surface area (Å²) < 4.78 is 10.7. The number of ether oxygens (including phenoxy) is 2. The van der Waals surface area contributed by atoms with Crippen LogP contribution in [0.1, 0.15) is 25.7 Å². The fraction of sp³-hybridized carbons (Fsp3) is 0.533. The third-order valence-electron chi connectivity index (χ3n) is 4.16. The third-order valence-corrected chi connectivity index (χ3v) is 4.16. The maximum atomic E-state index is 11.9. The minimum absolute atomic E-state index is 0.0385. The highest BCUT2D eigenvalue weighted by molar-refractivity contribution is 6.02. The van der Waals surface area contributed by atoms with Crippen LogP contribution in [0.4, 0.5) is 11.4 Å². The molecular weight excluding hydrogens is 256 g/mol. The van der Waals surface area contributed by atoms with Gasteiger partial charge in [-0.2, -0.15) is 0 Å². The summed E-state index contributed by atoms with van der Waals surface area (Å²) in [6.07, 6.45) is 4.79. The number of methoxy groups -OCH3 is 2. The molecule has 2 aliphatic rings. The first-order valence-corrected chi connectivity index (χ1v) is 7.05. The molecule has 0 atom stereocenters. The zero-order valence-corrected chi connectivity index (χ0v) is 11.9. The summed E-state index contributed by atoms with van der Waals surface area (Å²) in [5, 5.41) is 2.92. The molecule has 0 aromatic heterocycles. The van der Waals surface area contributed by atoms with E-state index in [0.717, 1.165) is 24.2 Å². The Morgan fingerprint density at radius 2 is 1.80 bits per heavy atom. The van der Waals surface area contributed by atoms with E-state index >= 15 is 0 Å². The Kier molecular flexibility index (Phi) is 3.42. The molecule has 3 rings (SSSR count). The van der Waals surface area contributed by atoms with Gasteiger partial charge in [0.1, 0.15) is 0 Å². The molecule has 0 unspecified atom stereocenters. The van der Waals surface area contributed by atoms with E-state index in [0.29, 0.717) is 24.1 Å². The number of hydrogen-bond donors (Lipinski definition) is 1. The Hall–Kier alpha value is -1.91. The smallest absolute Gasteiger partial charge is 0.243 e. The van der Waals surface area contributed by atoms with Gasteiger partial charge >= 0.3 is 0 Å². The summed E-state index contributed by atoms with van der Waals surface area (Å²) >= 11 is 0. The third kappa shape index (κ3) is 2.17. The van der Waals surface area contributed by atoms with Crippen LogP contribution in [0.3, 0.4) is 0 Å². The van der Waals surface area contributed by atoms with E-state index in [1.54, 1.807) is 14.2 Å². The number of fused-ring (bicyclic) bond motifs is 1. The highest BCUT2D eigenvalue weighted by Crippen LogP contribution is 2.42. The number of hydrogen-bond acceptors (Lipinski definition) is 4. The van der Waals surface area contributed by atoms with Gasteiger partial charge in [-0.3, -0.25) is 4.79 Å². The van der Waals surface area contributed by atoms with E-state index < -0.39 is 0 Å². The molecule has 5 nitrogen and oxygen atoms in total. The maximum Gasteiger partial charge on any atom is 0.243 e. The summed E-state index contributed by atoms with van der Waals surface area (Å²) in [5.41, 5.74) is 1.85. The molecule has 1 aromatic rings. The highest BCUT2D eigenvalue weighted by atomic mass is 16.5. The first-order valence-electron chi connectivity index (χ1n) is 7.05. The Labute approximate surface area is 118 Å². The summed E-state index contributed by atoms with van der Waals surface area (Å²) in [7, 11) is 3.23. The van der Waals surface area contributed by atoms with Crippen molar-refractivity contribution in [3.8, 4) is 11.5 Å². The summed E-state index contributed by atoms with van der Waals surface area (Å²) in [6, 6.07) is 4.26. The molecule has 0 bridgehead atoms. The summed E-state index contributed by atoms with van der Waals surface area (Å²) in [6.45, 7) is 0.424. The molecule has 1 aromatic carbocycles. The van der Waals surface area contributed by atoms with Crippen LogP contribution in [0.15, 0.2) is 12.1 Å². The molecule has 1 saturated carbocycles. The van der Waals surface area contributed by atoms with Crippen molar-refractivity contribution in [3.63, 3.8) is 0 Å². The monoisotopic (exact) mass is 276 g/mol. The van der Waals surface area contributed by atoms with Crippen LogP contribution in [0.2, 0.25) is 0 Å². The van der Waals surface area contributed by atoms with Crippen molar-refractivity contribution in [3.05, 3.63) is 12.1 Å². The van der Waals surface area contributed by atoms with Crippen LogP contribution >= 0.6 is 0 Å². The minimum atomic E-state index is 0.0385. The lowest BCUT2D eigenvalue weighted by Crippen LogP contribution is -2.43. The average molecular weight is 276 g/mol. The van der Waals surface area contributed by atoms with Gasteiger partial charge in [-0.05, 0) is 12.8 Å². The van der Waals surface area contributed by atoms with E-state index in [1.165, 1.54) is 12.8 Å². The van der Waals surface area contributed by atoms with Crippen LogP contribution in [-0.4, -0.2) is 32.7 Å². The molecule has 0 spiro atoms. The van der Waals surface area contributed by atoms with Gasteiger partial charge in [-0.1, -0.05) is 12.8 Å². The largest absolute Gasteiger partial charge is 0.493 e. The molecule has 1 aliphatic carbocycles. The second-order valence-electron chi connectivity index (χ2n) is 5.34. The topological polar surface area (TPSA) is 50.8 Å². The number of nitrogens with one attached hydrogen (secondary N) is 1. The van der Waals surface area contributed by atoms with E-state index in [1.807, 2.05) is 12.1 Å². The predicted octanol–water partition coefficient (Wildman–Crippen LogP) is 2.40. The lowest BCUT2D eigenvalue weighted by molar-refractivity contribution is -0.115. The molecule has 1 N–H and O–H groups in total. The first kappa shape index (κ1) is 13.1. The second kappa shape index (κ2) is 5.23. The Morgan fingerprint density at radius 3 is 2.45 bits per heavy atom. The lowest BCUT2D eigenvalue weighted by Gasteiger charge is -2.36. The standard InChI is InChI=1S/C15H20N2O3/c1-19-13-7-11-12(8-14(13)20-2)17(9-15(18)16-11)10-5-3-4-6-10/h7-8,10H,3-6,9H2,1-2H3,(H,16,18). The molecule has 1 amide bonds. The van der Waals surface area contributed by atoms with Gasteiger partial charge in [-0.15, -0.1) is 0 Å². The van der Waals surface area contributed by atoms with Crippen LogP contribution in [0.5, 0.6) is 11.5 Å². The fourth-order valence-corrected chi connectivity index (χ4v) is 3.18. The van der Waals surface area contributed by atoms with Crippen molar-refractivity contribution >= 4 is 17.3 Å². The van der Waals surface area contributed by atoms with Crippen molar-refractivity contribution in [1.82, 2.24) is 0 Å². The van der Waals surface area contributed by atoms with Gasteiger partial charge in [0.25, 0.3) is 0 Å². The summed E-state index contributed by atoms with van der Waals surface area (Å²) in [5.74, 6) is 1.38. The van der Waals surface area contributed by atoms with Crippen LogP contribution in [-0.2, 0) is 4.79 Å². The van der Waals surface area contributed by atoms with Crippen LogP contribution in [0, 0.1) is 0 Å². The number of amides is 1. The van der Waals surface area contributed by atoms with E-state index in [2.05, 4.69) is 10.2 Å². The van der Waals surface area contributed by atoms with Crippen LogP contribution in [0.25, 0.3) is 0 Å². The molecule has 1 fully saturated rings. The highest BCUT2D eigenvalue weighted by Gasteiger charge is 2.31. The van der Waals surface area contributed by atoms with Gasteiger partial charge < -0.3 is 19.7 Å². The quantitative estimate of drug-likeness (QED) is 0.921. The Morgan fingerprint density at radius 1 is 1.15 bits per heavy atom. The number of anilines is 2. The molecule has 0 radical (unpaired) electrons. The van der Waals surface area contributed by atoms with E-state index in [-0.39, 0.29) is 5.91 Å². The minimum Gasteiger partial charge on any atom is -0.493 e. The maximum absolute atomic E-state index is 11.9. The Balaban J connectivity index is 2.03. The lowest BCUT2D eigenvalue weighted by atomic mass is 10.1. The van der Waals surface area contributed by atoms with Gasteiger partial charge in [0.2, 0.25) is 5.91 Å². The molecular formula is C15H20N2O3.